The molecule has 1 aromatic rings. The van der Waals surface area contributed by atoms with Crippen molar-refractivity contribution < 1.29 is 9.47 Å². The normalized spacial score (nSPS) is 19.8. The first-order valence-electron chi connectivity index (χ1n) is 8.86. The molecule has 0 amide bonds. The largest absolute Gasteiger partial charge is 0.497 e. The Balaban J connectivity index is 1.63. The molecule has 5 heteroatoms. The molecule has 2 aliphatic rings. The summed E-state index contributed by atoms with van der Waals surface area (Å²) in [5, 5.41) is 3.50. The van der Waals surface area contributed by atoms with E-state index in [2.05, 4.69) is 15.2 Å². The maximum atomic E-state index is 5.48. The van der Waals surface area contributed by atoms with Gasteiger partial charge in [0.2, 0.25) is 0 Å². The van der Waals surface area contributed by atoms with Crippen molar-refractivity contribution >= 4 is 5.96 Å². The van der Waals surface area contributed by atoms with Crippen molar-refractivity contribution in [1.82, 2.24) is 10.2 Å². The third kappa shape index (κ3) is 3.45. The van der Waals surface area contributed by atoms with E-state index < -0.39 is 0 Å². The first kappa shape index (κ1) is 16.9. The molecule has 1 saturated carbocycles. The lowest BCUT2D eigenvalue weighted by atomic mass is 9.86. The molecule has 0 radical (unpaired) electrons. The summed E-state index contributed by atoms with van der Waals surface area (Å²) < 4.78 is 10.7. The summed E-state index contributed by atoms with van der Waals surface area (Å²) in [7, 11) is 5.23. The molecule has 0 aromatic heterocycles. The van der Waals surface area contributed by atoms with Crippen LogP contribution < -0.4 is 14.8 Å². The van der Waals surface area contributed by atoms with E-state index in [1.165, 1.54) is 32.1 Å². The summed E-state index contributed by atoms with van der Waals surface area (Å²) in [6.07, 6.45) is 6.85. The quantitative estimate of drug-likeness (QED) is 0.680. The highest BCUT2D eigenvalue weighted by atomic mass is 16.5. The lowest BCUT2D eigenvalue weighted by Crippen LogP contribution is -2.40. The molecule has 0 atom stereocenters. The molecule has 2 fully saturated rings. The Kier molecular flexibility index (Phi) is 5.17. The summed E-state index contributed by atoms with van der Waals surface area (Å²) in [5.41, 5.74) is 1.66. The Hall–Kier alpha value is -1.91. The van der Waals surface area contributed by atoms with Crippen molar-refractivity contribution in [1.29, 1.82) is 0 Å². The third-order valence-corrected chi connectivity index (χ3v) is 5.55. The molecule has 1 heterocycles. The Morgan fingerprint density at radius 3 is 2.67 bits per heavy atom. The van der Waals surface area contributed by atoms with Gasteiger partial charge in [0.15, 0.2) is 5.96 Å². The van der Waals surface area contributed by atoms with Crippen molar-refractivity contribution in [3.8, 4) is 11.5 Å². The summed E-state index contributed by atoms with van der Waals surface area (Å²) >= 11 is 0. The predicted molar refractivity (Wildman–Crippen MR) is 96.8 cm³/mol. The number of ether oxygens (including phenoxy) is 2. The van der Waals surface area contributed by atoms with Gasteiger partial charge in [-0.05, 0) is 36.8 Å². The minimum Gasteiger partial charge on any atom is -0.497 e. The van der Waals surface area contributed by atoms with Crippen LogP contribution in [0.4, 0.5) is 0 Å². The minimum absolute atomic E-state index is 0.551. The van der Waals surface area contributed by atoms with Gasteiger partial charge in [-0.2, -0.15) is 0 Å². The standard InChI is InChI=1S/C19H29N3O2/c1-20-18(22-11-10-19(14-22)8-4-5-9-19)21-13-15-6-7-16(23-2)12-17(15)24-3/h6-7,12H,4-5,8-11,13-14H2,1-3H3,(H,20,21). The second-order valence-electron chi connectivity index (χ2n) is 6.96. The number of nitrogens with zero attached hydrogens (tertiary/aromatic N) is 2. The molecule has 24 heavy (non-hydrogen) atoms. The van der Waals surface area contributed by atoms with Gasteiger partial charge >= 0.3 is 0 Å². The molecule has 0 bridgehead atoms. The Bertz CT molecular complexity index is 594. The molecule has 1 aromatic carbocycles. The number of nitrogens with one attached hydrogen (secondary N) is 1. The average Bonchev–Trinajstić information content (AvgIpc) is 3.26. The van der Waals surface area contributed by atoms with Crippen LogP contribution >= 0.6 is 0 Å². The highest BCUT2D eigenvalue weighted by Crippen LogP contribution is 2.45. The molecule has 1 N–H and O–H groups in total. The maximum absolute atomic E-state index is 5.48. The molecule has 5 nitrogen and oxygen atoms in total. The van der Waals surface area contributed by atoms with E-state index in [9.17, 15) is 0 Å². The smallest absolute Gasteiger partial charge is 0.193 e. The van der Waals surface area contributed by atoms with Gasteiger partial charge in [-0.25, -0.2) is 0 Å². The molecule has 1 spiro atoms. The monoisotopic (exact) mass is 331 g/mol. The van der Waals surface area contributed by atoms with Gasteiger partial charge in [0.1, 0.15) is 11.5 Å². The van der Waals surface area contributed by atoms with E-state index in [0.29, 0.717) is 12.0 Å². The minimum atomic E-state index is 0.551. The van der Waals surface area contributed by atoms with Crippen molar-refractivity contribution in [2.45, 2.75) is 38.6 Å². The van der Waals surface area contributed by atoms with Crippen molar-refractivity contribution in [3.05, 3.63) is 23.8 Å². The zero-order chi connectivity index (χ0) is 17.0. The average molecular weight is 331 g/mol. The van der Waals surface area contributed by atoms with Gasteiger partial charge in [-0.3, -0.25) is 4.99 Å². The van der Waals surface area contributed by atoms with Crippen molar-refractivity contribution in [2.75, 3.05) is 34.4 Å². The van der Waals surface area contributed by atoms with Crippen LogP contribution in [-0.2, 0) is 6.54 Å². The Morgan fingerprint density at radius 2 is 2.00 bits per heavy atom. The molecule has 3 rings (SSSR count). The zero-order valence-corrected chi connectivity index (χ0v) is 15.1. The number of aliphatic imine (C=N–C) groups is 1. The summed E-state index contributed by atoms with van der Waals surface area (Å²) in [4.78, 5) is 6.91. The molecular formula is C19H29N3O2. The summed E-state index contributed by atoms with van der Waals surface area (Å²) in [5.74, 6) is 2.64. The number of hydrogen-bond donors (Lipinski definition) is 1. The predicted octanol–water partition coefficient (Wildman–Crippen LogP) is 3.05. The first-order valence-corrected chi connectivity index (χ1v) is 8.86. The fourth-order valence-corrected chi connectivity index (χ4v) is 4.15. The van der Waals surface area contributed by atoms with Crippen LogP contribution in [0.3, 0.4) is 0 Å². The highest BCUT2D eigenvalue weighted by Gasteiger charge is 2.41. The lowest BCUT2D eigenvalue weighted by Gasteiger charge is -2.26. The van der Waals surface area contributed by atoms with E-state index >= 15 is 0 Å². The SMILES string of the molecule is CN=C(NCc1ccc(OC)cc1OC)N1CCC2(CCCC2)C1. The van der Waals surface area contributed by atoms with Gasteiger partial charge in [0.05, 0.1) is 14.2 Å². The van der Waals surface area contributed by atoms with Crippen molar-refractivity contribution in [3.63, 3.8) is 0 Å². The van der Waals surface area contributed by atoms with Gasteiger partial charge in [0, 0.05) is 38.3 Å². The molecule has 1 aliphatic heterocycles. The lowest BCUT2D eigenvalue weighted by molar-refractivity contribution is 0.309. The first-order chi connectivity index (χ1) is 11.7. The fraction of sp³-hybridized carbons (Fsp3) is 0.632. The molecule has 0 unspecified atom stereocenters. The van der Waals surface area contributed by atoms with Crippen LogP contribution in [0.15, 0.2) is 23.2 Å². The van der Waals surface area contributed by atoms with Crippen LogP contribution in [0.5, 0.6) is 11.5 Å². The molecular weight excluding hydrogens is 302 g/mol. The number of hydrogen-bond acceptors (Lipinski definition) is 3. The number of benzene rings is 1. The number of likely N-dealkylation sites (tertiary alicyclic amines) is 1. The van der Waals surface area contributed by atoms with Crippen molar-refractivity contribution in [2.24, 2.45) is 10.4 Å². The summed E-state index contributed by atoms with van der Waals surface area (Å²) in [6.45, 7) is 2.95. The van der Waals surface area contributed by atoms with E-state index in [0.717, 1.165) is 36.1 Å². The van der Waals surface area contributed by atoms with E-state index in [-0.39, 0.29) is 0 Å². The Labute approximate surface area is 145 Å². The maximum Gasteiger partial charge on any atom is 0.193 e. The van der Waals surface area contributed by atoms with Crippen LogP contribution in [0.2, 0.25) is 0 Å². The highest BCUT2D eigenvalue weighted by molar-refractivity contribution is 5.80. The zero-order valence-electron chi connectivity index (χ0n) is 15.1. The topological polar surface area (TPSA) is 46.1 Å². The van der Waals surface area contributed by atoms with E-state index in [1.54, 1.807) is 14.2 Å². The number of rotatable bonds is 4. The van der Waals surface area contributed by atoms with Gasteiger partial charge < -0.3 is 19.7 Å². The van der Waals surface area contributed by atoms with Gasteiger partial charge in [-0.1, -0.05) is 12.8 Å². The van der Waals surface area contributed by atoms with Crippen LogP contribution in [0, 0.1) is 5.41 Å². The van der Waals surface area contributed by atoms with Crippen LogP contribution in [0.25, 0.3) is 0 Å². The second-order valence-corrected chi connectivity index (χ2v) is 6.96. The number of methoxy groups -OCH3 is 2. The van der Waals surface area contributed by atoms with Crippen LogP contribution in [-0.4, -0.2) is 45.2 Å². The third-order valence-electron chi connectivity index (χ3n) is 5.55. The number of guanidine groups is 1. The van der Waals surface area contributed by atoms with Gasteiger partial charge in [0.25, 0.3) is 0 Å². The van der Waals surface area contributed by atoms with Gasteiger partial charge in [-0.15, -0.1) is 0 Å². The second kappa shape index (κ2) is 7.32. The molecule has 132 valence electrons. The van der Waals surface area contributed by atoms with Crippen LogP contribution in [0.1, 0.15) is 37.7 Å². The fourth-order valence-electron chi connectivity index (χ4n) is 4.15. The summed E-state index contributed by atoms with van der Waals surface area (Å²) in [6, 6.07) is 5.93. The van der Waals surface area contributed by atoms with E-state index in [1.807, 2.05) is 25.2 Å². The van der Waals surface area contributed by atoms with E-state index in [4.69, 9.17) is 9.47 Å². The Morgan fingerprint density at radius 1 is 1.21 bits per heavy atom. The molecule has 1 saturated heterocycles. The molecule has 1 aliphatic carbocycles.